The van der Waals surface area contributed by atoms with Gasteiger partial charge in [-0.2, -0.15) is 0 Å². The summed E-state index contributed by atoms with van der Waals surface area (Å²) in [5.74, 6) is -1.12. The summed E-state index contributed by atoms with van der Waals surface area (Å²) in [7, 11) is 0. The van der Waals surface area contributed by atoms with Crippen molar-refractivity contribution in [3.63, 3.8) is 0 Å². The van der Waals surface area contributed by atoms with Crippen LogP contribution in [0.25, 0.3) is 20.7 Å². The van der Waals surface area contributed by atoms with E-state index in [9.17, 15) is 14.4 Å². The van der Waals surface area contributed by atoms with Crippen LogP contribution in [0.3, 0.4) is 0 Å². The molecule has 1 N–H and O–H groups in total. The Hall–Kier alpha value is -2.78. The minimum atomic E-state index is -0.965. The van der Waals surface area contributed by atoms with Crippen LogP contribution in [0.2, 0.25) is 0 Å². The first-order chi connectivity index (χ1) is 13.0. The maximum Gasteiger partial charge on any atom is 0.326 e. The molecule has 3 aromatic rings. The molecule has 0 aromatic carbocycles. The molecule has 0 aliphatic rings. The van der Waals surface area contributed by atoms with E-state index in [1.165, 1.54) is 46.6 Å². The Morgan fingerprint density at radius 2 is 2.26 bits per heavy atom. The van der Waals surface area contributed by atoms with E-state index in [0.29, 0.717) is 10.2 Å². The summed E-state index contributed by atoms with van der Waals surface area (Å²) in [6, 6.07) is 3.84. The zero-order chi connectivity index (χ0) is 19.4. The van der Waals surface area contributed by atoms with E-state index in [4.69, 9.17) is 4.74 Å². The highest BCUT2D eigenvalue weighted by Crippen LogP contribution is 2.33. The van der Waals surface area contributed by atoms with Crippen molar-refractivity contribution < 1.29 is 14.3 Å². The predicted molar refractivity (Wildman–Crippen MR) is 106 cm³/mol. The van der Waals surface area contributed by atoms with Crippen LogP contribution in [0.4, 0.5) is 0 Å². The third-order valence-electron chi connectivity index (χ3n) is 3.74. The molecule has 3 heterocycles. The number of carbonyl (C=O) groups excluding carboxylic acids is 2. The quantitative estimate of drug-likeness (QED) is 0.483. The summed E-state index contributed by atoms with van der Waals surface area (Å²) >= 11 is 2.91. The molecule has 1 atom stereocenters. The molecular formula is C18H17N3O4S2. The van der Waals surface area contributed by atoms with Crippen LogP contribution in [-0.2, 0) is 20.9 Å². The second kappa shape index (κ2) is 8.28. The van der Waals surface area contributed by atoms with Gasteiger partial charge in [0.2, 0.25) is 0 Å². The van der Waals surface area contributed by atoms with Gasteiger partial charge in [-0.05, 0) is 18.4 Å². The average molecular weight is 403 g/mol. The molecule has 7 nitrogen and oxygen atoms in total. The number of fused-ring (bicyclic) bond motifs is 1. The fourth-order valence-electron chi connectivity index (χ4n) is 2.44. The molecule has 9 heteroatoms. The highest BCUT2D eigenvalue weighted by atomic mass is 32.1. The summed E-state index contributed by atoms with van der Waals surface area (Å²) < 4.78 is 6.29. The Bertz CT molecular complexity index is 1040. The maximum atomic E-state index is 12.8. The van der Waals surface area contributed by atoms with E-state index in [1.807, 2.05) is 22.9 Å². The second-order valence-electron chi connectivity index (χ2n) is 5.65. The average Bonchev–Trinajstić information content (AvgIpc) is 3.31. The number of amides is 1. The van der Waals surface area contributed by atoms with Gasteiger partial charge >= 0.3 is 5.97 Å². The summed E-state index contributed by atoms with van der Waals surface area (Å²) in [5, 5.41) is 6.85. The number of hydrogen-bond donors (Lipinski definition) is 1. The third-order valence-corrected chi connectivity index (χ3v) is 5.53. The highest BCUT2D eigenvalue weighted by Gasteiger charge is 2.19. The topological polar surface area (TPSA) is 90.3 Å². The molecule has 0 saturated carbocycles. The molecule has 140 valence electrons. The molecule has 0 fully saturated rings. The fourth-order valence-corrected chi connectivity index (χ4v) is 4.16. The normalized spacial score (nSPS) is 11.9. The zero-order valence-electron chi connectivity index (χ0n) is 14.5. The van der Waals surface area contributed by atoms with Gasteiger partial charge in [-0.3, -0.25) is 19.0 Å². The SMILES string of the molecule is C=CCNC(=O)[C@H](C)OC(=O)Cn1cnc2scc(-c3cccs3)c2c1=O. The van der Waals surface area contributed by atoms with Crippen molar-refractivity contribution in [2.24, 2.45) is 0 Å². The lowest BCUT2D eigenvalue weighted by molar-refractivity contribution is -0.155. The van der Waals surface area contributed by atoms with Gasteiger partial charge in [-0.15, -0.1) is 29.3 Å². The first-order valence-corrected chi connectivity index (χ1v) is 9.85. The molecule has 0 bridgehead atoms. The Morgan fingerprint density at radius 1 is 1.44 bits per heavy atom. The zero-order valence-corrected chi connectivity index (χ0v) is 16.1. The summed E-state index contributed by atoms with van der Waals surface area (Å²) in [4.78, 5) is 42.6. The van der Waals surface area contributed by atoms with Gasteiger partial charge in [0.05, 0.1) is 11.7 Å². The molecule has 0 radical (unpaired) electrons. The Balaban J connectivity index is 1.79. The standard InChI is InChI=1S/C18H17N3O4S2/c1-3-6-19-16(23)11(2)25-14(22)8-21-10-20-17-15(18(21)24)12(9-27-17)13-5-4-7-26-13/h3-5,7,9-11H,1,6,8H2,2H3,(H,19,23)/t11-/m0/s1. The molecular weight excluding hydrogens is 386 g/mol. The largest absolute Gasteiger partial charge is 0.451 e. The third kappa shape index (κ3) is 4.15. The maximum absolute atomic E-state index is 12.8. The van der Waals surface area contributed by atoms with E-state index < -0.39 is 18.0 Å². The van der Waals surface area contributed by atoms with Crippen molar-refractivity contribution in [3.8, 4) is 10.4 Å². The Morgan fingerprint density at radius 3 is 2.96 bits per heavy atom. The first kappa shape index (κ1) is 19.0. The summed E-state index contributed by atoms with van der Waals surface area (Å²) in [5.41, 5.74) is 0.493. The molecule has 0 aliphatic carbocycles. The minimum absolute atomic E-state index is 0.282. The number of nitrogens with zero attached hydrogens (tertiary/aromatic N) is 2. The summed E-state index contributed by atoms with van der Waals surface area (Å²) in [6.07, 6.45) is 1.88. The molecule has 0 spiro atoms. The monoisotopic (exact) mass is 403 g/mol. The number of rotatable bonds is 7. The van der Waals surface area contributed by atoms with Gasteiger partial charge < -0.3 is 10.1 Å². The van der Waals surface area contributed by atoms with Gasteiger partial charge in [0.25, 0.3) is 11.5 Å². The van der Waals surface area contributed by atoms with Gasteiger partial charge in [0.15, 0.2) is 6.10 Å². The van der Waals surface area contributed by atoms with Crippen LogP contribution < -0.4 is 10.9 Å². The van der Waals surface area contributed by atoms with Crippen molar-refractivity contribution in [1.29, 1.82) is 0 Å². The molecule has 0 saturated heterocycles. The van der Waals surface area contributed by atoms with Gasteiger partial charge in [-0.25, -0.2) is 4.98 Å². The van der Waals surface area contributed by atoms with Crippen molar-refractivity contribution in [3.05, 3.63) is 52.2 Å². The van der Waals surface area contributed by atoms with Crippen molar-refractivity contribution in [2.45, 2.75) is 19.6 Å². The molecule has 3 aromatic heterocycles. The first-order valence-electron chi connectivity index (χ1n) is 8.10. The van der Waals surface area contributed by atoms with Crippen LogP contribution in [0.5, 0.6) is 0 Å². The van der Waals surface area contributed by atoms with Crippen molar-refractivity contribution in [1.82, 2.24) is 14.9 Å². The minimum Gasteiger partial charge on any atom is -0.451 e. The van der Waals surface area contributed by atoms with Crippen LogP contribution in [0, 0.1) is 0 Å². The lowest BCUT2D eigenvalue weighted by Crippen LogP contribution is -2.37. The van der Waals surface area contributed by atoms with Gasteiger partial charge in [0.1, 0.15) is 11.4 Å². The predicted octanol–water partition coefficient (Wildman–Crippen LogP) is 2.42. The van der Waals surface area contributed by atoms with E-state index in [1.54, 1.807) is 0 Å². The number of hydrogen-bond acceptors (Lipinski definition) is 7. The lowest BCUT2D eigenvalue weighted by Gasteiger charge is -2.13. The van der Waals surface area contributed by atoms with Crippen molar-refractivity contribution in [2.75, 3.05) is 6.54 Å². The van der Waals surface area contributed by atoms with Crippen LogP contribution in [-0.4, -0.2) is 34.1 Å². The van der Waals surface area contributed by atoms with Gasteiger partial charge in [0, 0.05) is 22.4 Å². The number of ether oxygens (including phenoxy) is 1. The Kier molecular flexibility index (Phi) is 5.82. The number of esters is 1. The van der Waals surface area contributed by atoms with E-state index >= 15 is 0 Å². The number of aromatic nitrogens is 2. The molecule has 0 aliphatic heterocycles. The second-order valence-corrected chi connectivity index (χ2v) is 7.46. The van der Waals surface area contributed by atoms with E-state index in [-0.39, 0.29) is 18.6 Å². The molecule has 0 unspecified atom stereocenters. The number of carbonyl (C=O) groups is 2. The highest BCUT2D eigenvalue weighted by molar-refractivity contribution is 7.18. The Labute approximate surface area is 162 Å². The molecule has 27 heavy (non-hydrogen) atoms. The van der Waals surface area contributed by atoms with Crippen LogP contribution >= 0.6 is 22.7 Å². The van der Waals surface area contributed by atoms with Crippen molar-refractivity contribution >= 4 is 44.8 Å². The van der Waals surface area contributed by atoms with Crippen LogP contribution in [0.1, 0.15) is 6.92 Å². The summed E-state index contributed by atoms with van der Waals surface area (Å²) in [6.45, 7) is 4.93. The molecule has 3 rings (SSSR count). The van der Waals surface area contributed by atoms with E-state index in [2.05, 4.69) is 16.9 Å². The van der Waals surface area contributed by atoms with E-state index in [0.717, 1.165) is 10.4 Å². The van der Waals surface area contributed by atoms with Gasteiger partial charge in [-0.1, -0.05) is 12.1 Å². The number of thiophene rings is 2. The van der Waals surface area contributed by atoms with Crippen LogP contribution in [0.15, 0.2) is 46.7 Å². The lowest BCUT2D eigenvalue weighted by atomic mass is 10.2. The molecule has 1 amide bonds. The smallest absolute Gasteiger partial charge is 0.326 e. The number of nitrogens with one attached hydrogen (secondary N) is 1. The fraction of sp³-hybridized carbons (Fsp3) is 0.222.